The van der Waals surface area contributed by atoms with E-state index >= 15 is 0 Å². The van der Waals surface area contributed by atoms with Gasteiger partial charge in [-0.05, 0) is 37.2 Å². The molecule has 1 aliphatic rings. The predicted octanol–water partition coefficient (Wildman–Crippen LogP) is 1.42. The summed E-state index contributed by atoms with van der Waals surface area (Å²) in [6.45, 7) is 0.787. The Morgan fingerprint density at radius 2 is 2.00 bits per heavy atom. The summed E-state index contributed by atoms with van der Waals surface area (Å²) in [5, 5.41) is 4.40. The van der Waals surface area contributed by atoms with Crippen molar-refractivity contribution in [3.8, 4) is 0 Å². The molecule has 0 atom stereocenters. The van der Waals surface area contributed by atoms with Crippen molar-refractivity contribution in [2.45, 2.75) is 11.3 Å². The quantitative estimate of drug-likeness (QED) is 0.843. The van der Waals surface area contributed by atoms with Crippen molar-refractivity contribution in [1.82, 2.24) is 5.32 Å². The van der Waals surface area contributed by atoms with Gasteiger partial charge in [-0.1, -0.05) is 18.2 Å². The first-order chi connectivity index (χ1) is 7.15. The van der Waals surface area contributed by atoms with Crippen LogP contribution < -0.4 is 5.32 Å². The second-order valence-corrected chi connectivity index (χ2v) is 5.30. The molecule has 1 aromatic carbocycles. The van der Waals surface area contributed by atoms with Gasteiger partial charge in [0.25, 0.3) is 0 Å². The summed E-state index contributed by atoms with van der Waals surface area (Å²) in [6, 6.07) is 7.15. The van der Waals surface area contributed by atoms with Crippen LogP contribution in [0, 0.1) is 0 Å². The molecule has 1 N–H and O–H groups in total. The molecule has 80 valence electrons. The van der Waals surface area contributed by atoms with Crippen LogP contribution in [0.1, 0.15) is 12.0 Å². The van der Waals surface area contributed by atoms with Crippen molar-refractivity contribution in [2.75, 3.05) is 13.6 Å². The van der Waals surface area contributed by atoms with Gasteiger partial charge >= 0.3 is 0 Å². The van der Waals surface area contributed by atoms with Gasteiger partial charge in [-0.2, -0.15) is 0 Å². The minimum absolute atomic E-state index is 0.441. The maximum absolute atomic E-state index is 11.7. The normalized spacial score (nSPS) is 17.3. The molecule has 0 spiro atoms. The average Bonchev–Trinajstić information content (AvgIpc) is 2.49. The molecule has 0 fully saturated rings. The summed E-state index contributed by atoms with van der Waals surface area (Å²) in [4.78, 5) is 0.441. The van der Waals surface area contributed by atoms with Gasteiger partial charge < -0.3 is 5.32 Å². The fourth-order valence-corrected chi connectivity index (χ4v) is 3.27. The van der Waals surface area contributed by atoms with Crippen LogP contribution in [0.2, 0.25) is 0 Å². The lowest BCUT2D eigenvalue weighted by atomic mass is 10.1. The highest BCUT2D eigenvalue weighted by molar-refractivity contribution is 7.95. The van der Waals surface area contributed by atoms with Crippen molar-refractivity contribution >= 4 is 15.4 Å². The van der Waals surface area contributed by atoms with Gasteiger partial charge in [0, 0.05) is 5.41 Å². The molecule has 0 amide bonds. The van der Waals surface area contributed by atoms with Gasteiger partial charge in [0.15, 0.2) is 0 Å². The van der Waals surface area contributed by atoms with Gasteiger partial charge in [-0.15, -0.1) is 0 Å². The predicted molar refractivity (Wildman–Crippen MR) is 60.1 cm³/mol. The molecule has 0 radical (unpaired) electrons. The molecule has 2 rings (SSSR count). The molecular formula is C11H13NO2S. The van der Waals surface area contributed by atoms with E-state index in [-0.39, 0.29) is 0 Å². The van der Waals surface area contributed by atoms with Crippen LogP contribution in [0.15, 0.2) is 34.6 Å². The Balaban J connectivity index is 2.44. The lowest BCUT2D eigenvalue weighted by Crippen LogP contribution is -2.07. The first-order valence-corrected chi connectivity index (χ1v) is 6.39. The summed E-state index contributed by atoms with van der Waals surface area (Å²) in [7, 11) is -1.32. The summed E-state index contributed by atoms with van der Waals surface area (Å²) < 4.78 is 23.5. The zero-order valence-corrected chi connectivity index (χ0v) is 9.34. The molecule has 1 aromatic rings. The van der Waals surface area contributed by atoms with E-state index < -0.39 is 9.84 Å². The number of sulfone groups is 1. The Bertz CT molecular complexity index is 503. The number of hydrogen-bond donors (Lipinski definition) is 1. The van der Waals surface area contributed by atoms with E-state index in [9.17, 15) is 8.42 Å². The van der Waals surface area contributed by atoms with E-state index in [0.717, 1.165) is 24.1 Å². The van der Waals surface area contributed by atoms with Crippen LogP contribution in [-0.2, 0) is 9.84 Å². The highest BCUT2D eigenvalue weighted by atomic mass is 32.2. The SMILES string of the molecule is CNCCC1=CS(=O)(=O)c2ccccc21. The molecule has 0 saturated carbocycles. The third-order valence-corrected chi connectivity index (χ3v) is 4.05. The Labute approximate surface area is 89.7 Å². The minimum atomic E-state index is -3.18. The second kappa shape index (κ2) is 3.79. The van der Waals surface area contributed by atoms with E-state index in [1.54, 1.807) is 12.1 Å². The number of fused-ring (bicyclic) bond motifs is 1. The molecule has 15 heavy (non-hydrogen) atoms. The van der Waals surface area contributed by atoms with E-state index in [0.29, 0.717) is 4.90 Å². The Morgan fingerprint density at radius 1 is 1.27 bits per heavy atom. The van der Waals surface area contributed by atoms with Gasteiger partial charge in [0.05, 0.1) is 4.90 Å². The third kappa shape index (κ3) is 1.82. The van der Waals surface area contributed by atoms with Crippen molar-refractivity contribution in [3.63, 3.8) is 0 Å². The monoisotopic (exact) mass is 223 g/mol. The zero-order valence-electron chi connectivity index (χ0n) is 8.53. The molecule has 1 aliphatic heterocycles. The van der Waals surface area contributed by atoms with Crippen LogP contribution in [0.5, 0.6) is 0 Å². The summed E-state index contributed by atoms with van der Waals surface area (Å²) in [5.74, 6) is 0. The topological polar surface area (TPSA) is 46.2 Å². The molecule has 4 heteroatoms. The van der Waals surface area contributed by atoms with Crippen LogP contribution >= 0.6 is 0 Å². The minimum Gasteiger partial charge on any atom is -0.319 e. The Hall–Kier alpha value is -1.13. The van der Waals surface area contributed by atoms with Crippen LogP contribution in [-0.4, -0.2) is 22.0 Å². The molecular weight excluding hydrogens is 210 g/mol. The Morgan fingerprint density at radius 3 is 2.73 bits per heavy atom. The van der Waals surface area contributed by atoms with Crippen molar-refractivity contribution < 1.29 is 8.42 Å². The van der Waals surface area contributed by atoms with Gasteiger partial charge in [-0.3, -0.25) is 0 Å². The van der Waals surface area contributed by atoms with Crippen LogP contribution in [0.25, 0.3) is 5.57 Å². The van der Waals surface area contributed by atoms with E-state index in [1.807, 2.05) is 19.2 Å². The van der Waals surface area contributed by atoms with Crippen molar-refractivity contribution in [3.05, 3.63) is 35.2 Å². The lowest BCUT2D eigenvalue weighted by molar-refractivity contribution is 0.605. The standard InChI is InChI=1S/C11H13NO2S/c1-12-7-6-9-8-15(13,14)11-5-3-2-4-10(9)11/h2-5,8,12H,6-7H2,1H3. The fraction of sp³-hybridized carbons (Fsp3) is 0.273. The van der Waals surface area contributed by atoms with E-state index in [1.165, 1.54) is 5.41 Å². The molecule has 0 unspecified atom stereocenters. The smallest absolute Gasteiger partial charge is 0.200 e. The lowest BCUT2D eigenvalue weighted by Gasteiger charge is -2.02. The van der Waals surface area contributed by atoms with Gasteiger partial charge in [0.2, 0.25) is 9.84 Å². The molecule has 0 aliphatic carbocycles. The highest BCUT2D eigenvalue weighted by Crippen LogP contribution is 2.34. The summed E-state index contributed by atoms with van der Waals surface area (Å²) in [6.07, 6.45) is 0.743. The number of hydrogen-bond acceptors (Lipinski definition) is 3. The average molecular weight is 223 g/mol. The van der Waals surface area contributed by atoms with Crippen molar-refractivity contribution in [1.29, 1.82) is 0 Å². The first kappa shape index (κ1) is 10.4. The summed E-state index contributed by atoms with van der Waals surface area (Å²) >= 11 is 0. The van der Waals surface area contributed by atoms with Gasteiger partial charge in [-0.25, -0.2) is 8.42 Å². The largest absolute Gasteiger partial charge is 0.319 e. The maximum atomic E-state index is 11.7. The summed E-state index contributed by atoms with van der Waals surface area (Å²) in [5.41, 5.74) is 1.76. The van der Waals surface area contributed by atoms with Crippen molar-refractivity contribution in [2.24, 2.45) is 0 Å². The van der Waals surface area contributed by atoms with E-state index in [4.69, 9.17) is 0 Å². The first-order valence-electron chi connectivity index (χ1n) is 4.85. The number of rotatable bonds is 3. The number of nitrogens with one attached hydrogen (secondary N) is 1. The van der Waals surface area contributed by atoms with Gasteiger partial charge in [0.1, 0.15) is 0 Å². The molecule has 3 nitrogen and oxygen atoms in total. The fourth-order valence-electron chi connectivity index (χ4n) is 1.75. The molecule has 0 aromatic heterocycles. The second-order valence-electron chi connectivity index (χ2n) is 3.54. The maximum Gasteiger partial charge on any atom is 0.200 e. The Kier molecular flexibility index (Phi) is 2.63. The molecule has 0 bridgehead atoms. The number of benzene rings is 1. The zero-order chi connectivity index (χ0) is 10.9. The third-order valence-electron chi connectivity index (χ3n) is 2.48. The van der Waals surface area contributed by atoms with E-state index in [2.05, 4.69) is 5.32 Å². The van der Waals surface area contributed by atoms with Crippen LogP contribution in [0.3, 0.4) is 0 Å². The molecule has 0 saturated heterocycles. The highest BCUT2D eigenvalue weighted by Gasteiger charge is 2.25. The molecule has 1 heterocycles. The van der Waals surface area contributed by atoms with Crippen LogP contribution in [0.4, 0.5) is 0 Å².